The highest BCUT2D eigenvalue weighted by Gasteiger charge is 2.19. The van der Waals surface area contributed by atoms with Crippen molar-refractivity contribution in [2.75, 3.05) is 38.7 Å². The van der Waals surface area contributed by atoms with Crippen molar-refractivity contribution >= 4 is 23.5 Å². The molecule has 27 heavy (non-hydrogen) atoms. The Labute approximate surface area is 156 Å². The number of esters is 1. The Hall–Kier alpha value is -3.19. The molecule has 2 amide bonds. The number of carbonyl (C=O) groups excluding carboxylic acids is 3. The number of rotatable bonds is 4. The molecular formula is C20H20N2O5. The van der Waals surface area contributed by atoms with Crippen molar-refractivity contribution < 1.29 is 23.9 Å². The molecule has 1 aliphatic rings. The second kappa shape index (κ2) is 8.46. The average molecular weight is 368 g/mol. The molecule has 0 radical (unpaired) electrons. The normalized spacial score (nSPS) is 13.7. The zero-order valence-electron chi connectivity index (χ0n) is 14.9. The van der Waals surface area contributed by atoms with Crippen molar-refractivity contribution in [3.63, 3.8) is 0 Å². The number of anilines is 1. The molecule has 0 atom stereocenters. The van der Waals surface area contributed by atoms with Crippen molar-refractivity contribution in [2.24, 2.45) is 0 Å². The molecule has 7 heteroatoms. The Balaban J connectivity index is 1.74. The molecule has 140 valence electrons. The van der Waals surface area contributed by atoms with E-state index in [4.69, 9.17) is 4.74 Å². The maximum atomic E-state index is 12.6. The Morgan fingerprint density at radius 1 is 0.963 bits per heavy atom. The zero-order valence-corrected chi connectivity index (χ0v) is 14.9. The maximum absolute atomic E-state index is 12.6. The van der Waals surface area contributed by atoms with Crippen LogP contribution in [0.25, 0.3) is 0 Å². The van der Waals surface area contributed by atoms with E-state index in [1.165, 1.54) is 13.2 Å². The first-order chi connectivity index (χ1) is 13.1. The number of methoxy groups -OCH3 is 1. The third-order valence-corrected chi connectivity index (χ3v) is 4.21. The smallest absolute Gasteiger partial charge is 0.337 e. The van der Waals surface area contributed by atoms with Gasteiger partial charge in [0.2, 0.25) is 0 Å². The van der Waals surface area contributed by atoms with Gasteiger partial charge in [-0.2, -0.15) is 0 Å². The van der Waals surface area contributed by atoms with Crippen LogP contribution in [0.3, 0.4) is 0 Å². The van der Waals surface area contributed by atoms with Gasteiger partial charge in [-0.05, 0) is 36.4 Å². The summed E-state index contributed by atoms with van der Waals surface area (Å²) in [6.07, 6.45) is 0. The lowest BCUT2D eigenvalue weighted by molar-refractivity contribution is 0.0303. The van der Waals surface area contributed by atoms with Gasteiger partial charge in [0.15, 0.2) is 0 Å². The molecule has 0 bridgehead atoms. The summed E-state index contributed by atoms with van der Waals surface area (Å²) in [7, 11) is 1.30. The molecular weight excluding hydrogens is 348 g/mol. The van der Waals surface area contributed by atoms with Crippen LogP contribution in [-0.2, 0) is 9.47 Å². The molecule has 1 heterocycles. The van der Waals surface area contributed by atoms with E-state index >= 15 is 0 Å². The summed E-state index contributed by atoms with van der Waals surface area (Å²) in [6.45, 7) is 2.11. The molecule has 0 aliphatic carbocycles. The lowest BCUT2D eigenvalue weighted by atomic mass is 10.1. The predicted molar refractivity (Wildman–Crippen MR) is 98.9 cm³/mol. The molecule has 0 spiro atoms. The van der Waals surface area contributed by atoms with Crippen LogP contribution >= 0.6 is 0 Å². The molecule has 0 unspecified atom stereocenters. The van der Waals surface area contributed by atoms with Crippen LogP contribution in [0.4, 0.5) is 5.69 Å². The summed E-state index contributed by atoms with van der Waals surface area (Å²) < 4.78 is 9.94. The predicted octanol–water partition coefficient (Wildman–Crippen LogP) is 2.20. The molecule has 3 rings (SSSR count). The number of ether oxygens (including phenoxy) is 2. The largest absolute Gasteiger partial charge is 0.465 e. The van der Waals surface area contributed by atoms with Crippen LogP contribution < -0.4 is 5.32 Å². The van der Waals surface area contributed by atoms with Crippen LogP contribution in [0.1, 0.15) is 31.1 Å². The summed E-state index contributed by atoms with van der Waals surface area (Å²) in [5.74, 6) is -0.974. The number of amides is 2. The van der Waals surface area contributed by atoms with Crippen LogP contribution in [0.5, 0.6) is 0 Å². The fourth-order valence-corrected chi connectivity index (χ4v) is 2.79. The molecule has 1 aliphatic heterocycles. The number of hydrogen-bond donors (Lipinski definition) is 1. The number of hydrogen-bond acceptors (Lipinski definition) is 5. The molecule has 1 saturated heterocycles. The standard InChI is InChI=1S/C20H20N2O5/c1-26-20(25)16-6-3-7-17(13-16)21-18(23)14-4-2-5-15(12-14)19(24)22-8-10-27-11-9-22/h2-7,12-13H,8-11H2,1H3,(H,21,23). The Bertz CT molecular complexity index is 859. The van der Waals surface area contributed by atoms with Gasteiger partial charge in [-0.3, -0.25) is 9.59 Å². The summed E-state index contributed by atoms with van der Waals surface area (Å²) in [4.78, 5) is 38.4. The maximum Gasteiger partial charge on any atom is 0.337 e. The first-order valence-corrected chi connectivity index (χ1v) is 8.55. The van der Waals surface area contributed by atoms with Crippen molar-refractivity contribution in [3.8, 4) is 0 Å². The number of carbonyl (C=O) groups is 3. The fourth-order valence-electron chi connectivity index (χ4n) is 2.79. The van der Waals surface area contributed by atoms with Gasteiger partial charge in [0.1, 0.15) is 0 Å². The first-order valence-electron chi connectivity index (χ1n) is 8.55. The van der Waals surface area contributed by atoms with Crippen molar-refractivity contribution in [3.05, 3.63) is 65.2 Å². The van der Waals surface area contributed by atoms with Gasteiger partial charge in [0, 0.05) is 29.9 Å². The van der Waals surface area contributed by atoms with E-state index in [-0.39, 0.29) is 11.8 Å². The Morgan fingerprint density at radius 3 is 2.37 bits per heavy atom. The lowest BCUT2D eigenvalue weighted by Gasteiger charge is -2.27. The van der Waals surface area contributed by atoms with E-state index < -0.39 is 5.97 Å². The third kappa shape index (κ3) is 4.51. The van der Waals surface area contributed by atoms with Gasteiger partial charge in [0.05, 0.1) is 25.9 Å². The molecule has 2 aromatic rings. The quantitative estimate of drug-likeness (QED) is 0.837. The summed E-state index contributed by atoms with van der Waals surface area (Å²) in [5.41, 5.74) is 1.62. The highest BCUT2D eigenvalue weighted by Crippen LogP contribution is 2.15. The van der Waals surface area contributed by atoms with Crippen molar-refractivity contribution in [1.29, 1.82) is 0 Å². The van der Waals surface area contributed by atoms with E-state index in [1.54, 1.807) is 47.4 Å². The van der Waals surface area contributed by atoms with Gasteiger partial charge in [-0.25, -0.2) is 4.79 Å². The van der Waals surface area contributed by atoms with Crippen LogP contribution in [0, 0.1) is 0 Å². The number of benzene rings is 2. The molecule has 0 aromatic heterocycles. The topological polar surface area (TPSA) is 84.9 Å². The lowest BCUT2D eigenvalue weighted by Crippen LogP contribution is -2.40. The van der Waals surface area contributed by atoms with E-state index in [2.05, 4.69) is 10.1 Å². The Kier molecular flexibility index (Phi) is 5.83. The van der Waals surface area contributed by atoms with E-state index in [1.807, 2.05) is 0 Å². The van der Waals surface area contributed by atoms with Gasteiger partial charge < -0.3 is 19.7 Å². The van der Waals surface area contributed by atoms with Crippen LogP contribution in [0.15, 0.2) is 48.5 Å². The van der Waals surface area contributed by atoms with E-state index in [0.717, 1.165) is 0 Å². The molecule has 1 fully saturated rings. The second-order valence-corrected chi connectivity index (χ2v) is 6.01. The number of nitrogens with one attached hydrogen (secondary N) is 1. The van der Waals surface area contributed by atoms with Crippen molar-refractivity contribution in [2.45, 2.75) is 0 Å². The third-order valence-electron chi connectivity index (χ3n) is 4.21. The highest BCUT2D eigenvalue weighted by atomic mass is 16.5. The molecule has 0 saturated carbocycles. The number of nitrogens with zero attached hydrogens (tertiary/aromatic N) is 1. The fraction of sp³-hybridized carbons (Fsp3) is 0.250. The van der Waals surface area contributed by atoms with Gasteiger partial charge in [0.25, 0.3) is 11.8 Å². The minimum absolute atomic E-state index is 0.124. The Morgan fingerprint density at radius 2 is 1.63 bits per heavy atom. The van der Waals surface area contributed by atoms with E-state index in [0.29, 0.717) is 48.7 Å². The minimum atomic E-state index is -0.482. The number of morpholine rings is 1. The summed E-state index contributed by atoms with van der Waals surface area (Å²) in [5, 5.41) is 2.73. The summed E-state index contributed by atoms with van der Waals surface area (Å²) >= 11 is 0. The van der Waals surface area contributed by atoms with Crippen molar-refractivity contribution in [1.82, 2.24) is 4.90 Å². The van der Waals surface area contributed by atoms with E-state index in [9.17, 15) is 14.4 Å². The highest BCUT2D eigenvalue weighted by molar-refractivity contribution is 6.06. The molecule has 2 aromatic carbocycles. The van der Waals surface area contributed by atoms with Gasteiger partial charge in [-0.15, -0.1) is 0 Å². The second-order valence-electron chi connectivity index (χ2n) is 6.01. The SMILES string of the molecule is COC(=O)c1cccc(NC(=O)c2cccc(C(=O)N3CCOCC3)c2)c1. The molecule has 1 N–H and O–H groups in total. The van der Waals surface area contributed by atoms with Gasteiger partial charge >= 0.3 is 5.97 Å². The van der Waals surface area contributed by atoms with Crippen LogP contribution in [0.2, 0.25) is 0 Å². The first kappa shape index (κ1) is 18.6. The zero-order chi connectivity index (χ0) is 19.2. The molecule has 7 nitrogen and oxygen atoms in total. The summed E-state index contributed by atoms with van der Waals surface area (Å²) in [6, 6.07) is 13.0. The minimum Gasteiger partial charge on any atom is -0.465 e. The van der Waals surface area contributed by atoms with Gasteiger partial charge in [-0.1, -0.05) is 12.1 Å². The average Bonchev–Trinajstić information content (AvgIpc) is 2.73. The monoisotopic (exact) mass is 368 g/mol. The van der Waals surface area contributed by atoms with Crippen LogP contribution in [-0.4, -0.2) is 56.1 Å².